The quantitative estimate of drug-likeness (QED) is 0.253. The molecule has 0 N–H and O–H groups in total. The van der Waals surface area contributed by atoms with E-state index in [1.54, 1.807) is 30.5 Å². The molecule has 4 nitrogen and oxygen atoms in total. The zero-order valence-corrected chi connectivity index (χ0v) is 23.0. The van der Waals surface area contributed by atoms with Crippen molar-refractivity contribution in [1.29, 1.82) is 0 Å². The maximum Gasteiger partial charge on any atom is 0.283 e. The minimum Gasteiger partial charge on any atom is -0.400 e. The summed E-state index contributed by atoms with van der Waals surface area (Å²) >= 11 is 0. The molecule has 1 unspecified atom stereocenters. The molecule has 6 heteroatoms. The van der Waals surface area contributed by atoms with Crippen molar-refractivity contribution in [1.82, 2.24) is 3.97 Å². The zero-order chi connectivity index (χ0) is 26.0. The second-order valence-electron chi connectivity index (χ2n) is 10.2. The molecule has 5 aromatic rings. The summed E-state index contributed by atoms with van der Waals surface area (Å²) in [6.45, 7) is 6.49. The third kappa shape index (κ3) is 5.18. The Balaban J connectivity index is 1.60. The summed E-state index contributed by atoms with van der Waals surface area (Å²) in [6, 6.07) is 37.1. The van der Waals surface area contributed by atoms with Gasteiger partial charge in [-0.15, -0.1) is 0 Å². The Hall–Kier alpha value is -3.45. The SMILES string of the molecule is CC(C)(C)C(O[Si](c1ccccc1)c1ccccc1)c1ccc2ccn(S(=O)(=O)c3ccccc3)c2c1. The highest BCUT2D eigenvalue weighted by Gasteiger charge is 2.33. The van der Waals surface area contributed by atoms with Crippen LogP contribution < -0.4 is 10.4 Å². The van der Waals surface area contributed by atoms with Crippen molar-refractivity contribution in [2.45, 2.75) is 31.8 Å². The Morgan fingerprint density at radius 3 is 1.81 bits per heavy atom. The van der Waals surface area contributed by atoms with Gasteiger partial charge in [0, 0.05) is 11.6 Å². The lowest BCUT2D eigenvalue weighted by Crippen LogP contribution is -2.47. The molecule has 0 aliphatic carbocycles. The number of fused-ring (bicyclic) bond motifs is 1. The molecule has 0 bridgehead atoms. The minimum atomic E-state index is -3.73. The van der Waals surface area contributed by atoms with E-state index in [-0.39, 0.29) is 16.4 Å². The van der Waals surface area contributed by atoms with Gasteiger partial charge in [-0.3, -0.25) is 0 Å². The van der Waals surface area contributed by atoms with Crippen LogP contribution in [0.5, 0.6) is 0 Å². The molecule has 1 radical (unpaired) electrons. The van der Waals surface area contributed by atoms with Gasteiger partial charge in [0.2, 0.25) is 0 Å². The third-order valence-corrected chi connectivity index (χ3v) is 10.3. The molecule has 37 heavy (non-hydrogen) atoms. The van der Waals surface area contributed by atoms with Crippen molar-refractivity contribution < 1.29 is 12.8 Å². The molecular formula is C31H30NO3SSi. The van der Waals surface area contributed by atoms with E-state index in [0.717, 1.165) is 10.9 Å². The molecule has 187 valence electrons. The van der Waals surface area contributed by atoms with Crippen LogP contribution in [-0.4, -0.2) is 21.4 Å². The van der Waals surface area contributed by atoms with Gasteiger partial charge in [0.15, 0.2) is 0 Å². The van der Waals surface area contributed by atoms with E-state index >= 15 is 0 Å². The number of hydrogen-bond acceptors (Lipinski definition) is 3. The van der Waals surface area contributed by atoms with E-state index in [2.05, 4.69) is 51.1 Å². The molecule has 0 amide bonds. The number of aromatic nitrogens is 1. The number of hydrogen-bond donors (Lipinski definition) is 0. The molecule has 1 aromatic heterocycles. The first-order chi connectivity index (χ1) is 17.7. The largest absolute Gasteiger partial charge is 0.400 e. The Bertz CT molecular complexity index is 1550. The van der Waals surface area contributed by atoms with Gasteiger partial charge in [-0.1, -0.05) is 112 Å². The van der Waals surface area contributed by atoms with Crippen molar-refractivity contribution in [3.63, 3.8) is 0 Å². The first-order valence-corrected chi connectivity index (χ1v) is 15.2. The average molecular weight is 525 g/mol. The molecule has 5 rings (SSSR count). The van der Waals surface area contributed by atoms with Crippen molar-refractivity contribution in [3.8, 4) is 0 Å². The van der Waals surface area contributed by atoms with Crippen LogP contribution in [0, 0.1) is 5.41 Å². The third-order valence-electron chi connectivity index (χ3n) is 6.38. The standard InChI is InChI=1S/C31H30NO3SSi/c1-31(2,3)30(35-37(27-15-9-5-10-16-27)28-17-11-6-12-18-28)25-20-19-24-21-22-32(29(24)23-25)36(33,34)26-13-7-4-8-14-26/h4-23,30H,1-3H3. The van der Waals surface area contributed by atoms with E-state index in [1.807, 2.05) is 60.7 Å². The van der Waals surface area contributed by atoms with Gasteiger partial charge >= 0.3 is 0 Å². The lowest BCUT2D eigenvalue weighted by molar-refractivity contribution is 0.0898. The first-order valence-electron chi connectivity index (χ1n) is 12.3. The summed E-state index contributed by atoms with van der Waals surface area (Å²) in [6.07, 6.45) is 1.38. The molecule has 0 saturated carbocycles. The van der Waals surface area contributed by atoms with Gasteiger partial charge in [0.25, 0.3) is 19.1 Å². The lowest BCUT2D eigenvalue weighted by Gasteiger charge is -2.34. The molecular weight excluding hydrogens is 494 g/mol. The predicted molar refractivity (Wildman–Crippen MR) is 152 cm³/mol. The number of benzene rings is 4. The van der Waals surface area contributed by atoms with Gasteiger partial charge in [-0.05, 0) is 45.6 Å². The first kappa shape index (κ1) is 25.2. The monoisotopic (exact) mass is 524 g/mol. The fourth-order valence-electron chi connectivity index (χ4n) is 4.54. The van der Waals surface area contributed by atoms with Crippen LogP contribution in [0.15, 0.2) is 126 Å². The Morgan fingerprint density at radius 1 is 0.730 bits per heavy atom. The molecule has 0 aliphatic heterocycles. The topological polar surface area (TPSA) is 48.3 Å². The zero-order valence-electron chi connectivity index (χ0n) is 21.2. The van der Waals surface area contributed by atoms with Gasteiger partial charge in [0.1, 0.15) is 0 Å². The molecule has 0 aliphatic rings. The van der Waals surface area contributed by atoms with E-state index in [0.29, 0.717) is 5.52 Å². The van der Waals surface area contributed by atoms with Crippen molar-refractivity contribution in [2.24, 2.45) is 5.41 Å². The Labute approximate surface area is 221 Å². The van der Waals surface area contributed by atoms with Crippen molar-refractivity contribution in [3.05, 3.63) is 127 Å². The minimum absolute atomic E-state index is 0.233. The lowest BCUT2D eigenvalue weighted by atomic mass is 9.84. The summed E-state index contributed by atoms with van der Waals surface area (Å²) in [5.41, 5.74) is 1.37. The Kier molecular flexibility index (Phi) is 6.90. The smallest absolute Gasteiger partial charge is 0.283 e. The van der Waals surface area contributed by atoms with Gasteiger partial charge < -0.3 is 4.43 Å². The molecule has 1 atom stereocenters. The normalized spacial score (nSPS) is 13.2. The van der Waals surface area contributed by atoms with Crippen LogP contribution in [0.25, 0.3) is 10.9 Å². The molecule has 0 fully saturated rings. The van der Waals surface area contributed by atoms with Crippen LogP contribution in [0.1, 0.15) is 32.4 Å². The number of rotatable bonds is 7. The maximum absolute atomic E-state index is 13.5. The van der Waals surface area contributed by atoms with Crippen LogP contribution in [-0.2, 0) is 14.4 Å². The fourth-order valence-corrected chi connectivity index (χ4v) is 8.23. The van der Waals surface area contributed by atoms with E-state index in [1.165, 1.54) is 14.3 Å². The maximum atomic E-state index is 13.5. The fraction of sp³-hybridized carbons (Fsp3) is 0.161. The predicted octanol–water partition coefficient (Wildman–Crippen LogP) is 5.79. The summed E-state index contributed by atoms with van der Waals surface area (Å²) in [5.74, 6) is 0. The van der Waals surface area contributed by atoms with Gasteiger partial charge in [-0.25, -0.2) is 12.4 Å². The van der Waals surface area contributed by atoms with E-state index < -0.39 is 19.1 Å². The Morgan fingerprint density at radius 2 is 1.27 bits per heavy atom. The summed E-state index contributed by atoms with van der Waals surface area (Å²) < 4.78 is 35.4. The second kappa shape index (κ2) is 10.1. The highest BCUT2D eigenvalue weighted by Crippen LogP contribution is 2.38. The van der Waals surface area contributed by atoms with Gasteiger partial charge in [0.05, 0.1) is 16.5 Å². The average Bonchev–Trinajstić information content (AvgIpc) is 3.34. The molecule has 0 saturated heterocycles. The molecule has 1 heterocycles. The van der Waals surface area contributed by atoms with Gasteiger partial charge in [-0.2, -0.15) is 0 Å². The van der Waals surface area contributed by atoms with Crippen LogP contribution >= 0.6 is 0 Å². The highest BCUT2D eigenvalue weighted by molar-refractivity contribution is 7.90. The summed E-state index contributed by atoms with van der Waals surface area (Å²) in [7, 11) is -5.30. The second-order valence-corrected chi connectivity index (χ2v) is 14.0. The van der Waals surface area contributed by atoms with Crippen LogP contribution in [0.4, 0.5) is 0 Å². The summed E-state index contributed by atoms with van der Waals surface area (Å²) in [5, 5.41) is 3.21. The van der Waals surface area contributed by atoms with Crippen molar-refractivity contribution in [2.75, 3.05) is 0 Å². The van der Waals surface area contributed by atoms with Crippen molar-refractivity contribution >= 4 is 40.3 Å². The number of nitrogens with zero attached hydrogens (tertiary/aromatic N) is 1. The van der Waals surface area contributed by atoms with E-state index in [4.69, 9.17) is 4.43 Å². The van der Waals surface area contributed by atoms with E-state index in [9.17, 15) is 8.42 Å². The molecule has 4 aromatic carbocycles. The van der Waals surface area contributed by atoms with Crippen LogP contribution in [0.3, 0.4) is 0 Å². The highest BCUT2D eigenvalue weighted by atomic mass is 32.2. The van der Waals surface area contributed by atoms with Crippen LogP contribution in [0.2, 0.25) is 0 Å². The summed E-state index contributed by atoms with van der Waals surface area (Å²) in [4.78, 5) is 0.264. The molecule has 0 spiro atoms.